The Morgan fingerprint density at radius 3 is 2.81 bits per heavy atom. The fraction of sp³-hybridized carbons (Fsp3) is 0.474. The molecule has 144 valence electrons. The molecule has 1 saturated heterocycles. The average Bonchev–Trinajstić information content (AvgIpc) is 2.79. The minimum Gasteiger partial charge on any atom is -0.381 e. The maximum absolute atomic E-state index is 13.0. The zero-order chi connectivity index (χ0) is 19.2. The van der Waals surface area contributed by atoms with Gasteiger partial charge in [0.15, 0.2) is 0 Å². The summed E-state index contributed by atoms with van der Waals surface area (Å²) in [6.45, 7) is 5.82. The molecule has 26 heavy (non-hydrogen) atoms. The standard InChI is InChI=1S/C19H25F3N2OS/c1-3-5-8-15(4-2)11-12-17-14-24(26(25)19(20,21)22)13-16-9-6-7-10-18(16)23-17/h3-5,8-10,17,23H,2,6-7,11-14H2,1H3/b5-3-,15-8+. The van der Waals surface area contributed by atoms with Gasteiger partial charge in [0.1, 0.15) is 0 Å². The van der Waals surface area contributed by atoms with Gasteiger partial charge in [-0.25, -0.2) is 8.51 Å². The van der Waals surface area contributed by atoms with Crippen LogP contribution in [0.4, 0.5) is 13.2 Å². The minimum atomic E-state index is -4.74. The van der Waals surface area contributed by atoms with Crippen molar-refractivity contribution in [2.45, 2.75) is 44.2 Å². The van der Waals surface area contributed by atoms with Crippen molar-refractivity contribution in [3.8, 4) is 0 Å². The Kier molecular flexibility index (Phi) is 7.46. The van der Waals surface area contributed by atoms with Crippen LogP contribution in [0.15, 0.2) is 59.9 Å². The molecule has 0 radical (unpaired) electrons. The third kappa shape index (κ3) is 5.71. The van der Waals surface area contributed by atoms with Crippen LogP contribution in [0.2, 0.25) is 0 Å². The van der Waals surface area contributed by atoms with Crippen molar-refractivity contribution in [1.82, 2.24) is 9.62 Å². The maximum Gasteiger partial charge on any atom is 0.485 e. The fourth-order valence-corrected chi connectivity index (χ4v) is 3.91. The monoisotopic (exact) mass is 386 g/mol. The molecule has 2 aliphatic rings. The highest BCUT2D eigenvalue weighted by Crippen LogP contribution is 2.29. The minimum absolute atomic E-state index is 0.0458. The lowest BCUT2D eigenvalue weighted by Gasteiger charge is -2.24. The van der Waals surface area contributed by atoms with Crippen LogP contribution < -0.4 is 5.32 Å². The van der Waals surface area contributed by atoms with Gasteiger partial charge < -0.3 is 5.32 Å². The molecule has 7 heteroatoms. The molecular weight excluding hydrogens is 361 g/mol. The Bertz CT molecular complexity index is 662. The highest BCUT2D eigenvalue weighted by molar-refractivity contribution is 7.83. The first-order valence-corrected chi connectivity index (χ1v) is 9.80. The molecule has 0 aromatic heterocycles. The summed E-state index contributed by atoms with van der Waals surface area (Å²) >= 11 is 0. The van der Waals surface area contributed by atoms with E-state index < -0.39 is 16.5 Å². The molecule has 0 bridgehead atoms. The molecule has 1 N–H and O–H groups in total. The van der Waals surface area contributed by atoms with E-state index in [0.29, 0.717) is 12.8 Å². The first-order valence-electron chi connectivity index (χ1n) is 8.69. The lowest BCUT2D eigenvalue weighted by Crippen LogP contribution is -2.42. The zero-order valence-electron chi connectivity index (χ0n) is 14.9. The SMILES string of the molecule is C=C/C(=C\C=C/C)CCC1CN(S(=O)C(F)(F)F)CC2=CCCC=C2N1. The molecule has 1 aliphatic carbocycles. The molecule has 2 unspecified atom stereocenters. The number of hydrogen-bond donors (Lipinski definition) is 1. The van der Waals surface area contributed by atoms with Crippen molar-refractivity contribution in [3.63, 3.8) is 0 Å². The first kappa shape index (κ1) is 20.7. The second kappa shape index (κ2) is 9.37. The van der Waals surface area contributed by atoms with Crippen molar-refractivity contribution >= 4 is 11.0 Å². The number of alkyl halides is 3. The van der Waals surface area contributed by atoms with Crippen molar-refractivity contribution in [2.75, 3.05) is 13.1 Å². The summed E-state index contributed by atoms with van der Waals surface area (Å²) in [6, 6.07) is -0.217. The van der Waals surface area contributed by atoms with E-state index >= 15 is 0 Å². The van der Waals surface area contributed by atoms with Crippen LogP contribution in [0.25, 0.3) is 0 Å². The number of hydrogen-bond acceptors (Lipinski definition) is 2. The molecule has 0 amide bonds. The van der Waals surface area contributed by atoms with Gasteiger partial charge in [-0.3, -0.25) is 0 Å². The van der Waals surface area contributed by atoms with Gasteiger partial charge in [-0.05, 0) is 43.8 Å². The molecule has 0 aromatic carbocycles. The summed E-state index contributed by atoms with van der Waals surface area (Å²) < 4.78 is 52.0. The number of nitrogens with zero attached hydrogens (tertiary/aromatic N) is 1. The summed E-state index contributed by atoms with van der Waals surface area (Å²) in [6.07, 6.45) is 14.5. The zero-order valence-corrected chi connectivity index (χ0v) is 15.7. The Morgan fingerprint density at radius 1 is 1.42 bits per heavy atom. The van der Waals surface area contributed by atoms with Gasteiger partial charge in [0.25, 0.3) is 0 Å². The lowest BCUT2D eigenvalue weighted by molar-refractivity contribution is -0.0427. The Labute approximate surface area is 155 Å². The number of fused-ring (bicyclic) bond motifs is 1. The van der Waals surface area contributed by atoms with E-state index in [1.807, 2.05) is 37.3 Å². The third-order valence-corrected chi connectivity index (χ3v) is 5.50. The number of rotatable bonds is 6. The van der Waals surface area contributed by atoms with Crippen LogP contribution in [0.1, 0.15) is 32.6 Å². The van der Waals surface area contributed by atoms with E-state index in [1.54, 1.807) is 6.08 Å². The van der Waals surface area contributed by atoms with Crippen molar-refractivity contribution in [2.24, 2.45) is 0 Å². The molecule has 0 spiro atoms. The molecule has 0 saturated carbocycles. The van der Waals surface area contributed by atoms with Gasteiger partial charge >= 0.3 is 5.51 Å². The Hall–Kier alpha value is -1.60. The van der Waals surface area contributed by atoms with Crippen LogP contribution in [0, 0.1) is 0 Å². The second-order valence-corrected chi connectivity index (χ2v) is 7.77. The molecule has 1 aliphatic heterocycles. The largest absolute Gasteiger partial charge is 0.485 e. The summed E-state index contributed by atoms with van der Waals surface area (Å²) in [5.74, 6) is 0. The molecule has 3 nitrogen and oxygen atoms in total. The van der Waals surface area contributed by atoms with Crippen LogP contribution in [-0.4, -0.2) is 33.2 Å². The summed E-state index contributed by atoms with van der Waals surface area (Å²) in [5.41, 5.74) is -2.05. The molecular formula is C19H25F3N2OS. The summed E-state index contributed by atoms with van der Waals surface area (Å²) in [7, 11) is -3.01. The first-order chi connectivity index (χ1) is 12.3. The van der Waals surface area contributed by atoms with E-state index in [0.717, 1.165) is 34.0 Å². The maximum atomic E-state index is 13.0. The highest BCUT2D eigenvalue weighted by Gasteiger charge is 2.43. The van der Waals surface area contributed by atoms with E-state index in [2.05, 4.69) is 11.9 Å². The van der Waals surface area contributed by atoms with Gasteiger partial charge in [-0.1, -0.05) is 43.0 Å². The second-order valence-electron chi connectivity index (χ2n) is 6.29. The van der Waals surface area contributed by atoms with Crippen molar-refractivity contribution in [1.29, 1.82) is 0 Å². The molecule has 1 heterocycles. The van der Waals surface area contributed by atoms with E-state index in [1.165, 1.54) is 0 Å². The average molecular weight is 386 g/mol. The predicted octanol–water partition coefficient (Wildman–Crippen LogP) is 4.52. The van der Waals surface area contributed by atoms with Crippen LogP contribution in [0.3, 0.4) is 0 Å². The summed E-state index contributed by atoms with van der Waals surface area (Å²) in [4.78, 5) is 0. The Morgan fingerprint density at radius 2 is 2.15 bits per heavy atom. The van der Waals surface area contributed by atoms with Crippen molar-refractivity contribution < 1.29 is 17.4 Å². The fourth-order valence-electron chi connectivity index (χ4n) is 3.04. The van der Waals surface area contributed by atoms with Crippen LogP contribution in [-0.2, 0) is 11.0 Å². The van der Waals surface area contributed by atoms with E-state index in [-0.39, 0.29) is 19.1 Å². The topological polar surface area (TPSA) is 32.3 Å². The van der Waals surface area contributed by atoms with Gasteiger partial charge in [0.2, 0.25) is 11.0 Å². The van der Waals surface area contributed by atoms with Crippen molar-refractivity contribution in [3.05, 3.63) is 59.9 Å². The molecule has 0 aromatic rings. The third-order valence-electron chi connectivity index (χ3n) is 4.36. The van der Waals surface area contributed by atoms with Gasteiger partial charge in [0, 0.05) is 24.8 Å². The van der Waals surface area contributed by atoms with Crippen LogP contribution >= 0.6 is 0 Å². The highest BCUT2D eigenvalue weighted by atomic mass is 32.2. The molecule has 1 fully saturated rings. The van der Waals surface area contributed by atoms with Gasteiger partial charge in [-0.2, -0.15) is 13.2 Å². The smallest absolute Gasteiger partial charge is 0.381 e. The van der Waals surface area contributed by atoms with Gasteiger partial charge in [0.05, 0.1) is 0 Å². The molecule has 2 rings (SSSR count). The van der Waals surface area contributed by atoms with E-state index in [9.17, 15) is 17.4 Å². The number of halogens is 3. The molecule has 2 atom stereocenters. The summed E-state index contributed by atoms with van der Waals surface area (Å²) in [5, 5.41) is 3.36. The lowest BCUT2D eigenvalue weighted by atomic mass is 10.0. The van der Waals surface area contributed by atoms with Gasteiger partial charge in [-0.15, -0.1) is 0 Å². The quantitative estimate of drug-likeness (QED) is 0.681. The van der Waals surface area contributed by atoms with Crippen LogP contribution in [0.5, 0.6) is 0 Å². The predicted molar refractivity (Wildman–Crippen MR) is 100 cm³/mol. The van der Waals surface area contributed by atoms with E-state index in [4.69, 9.17) is 0 Å². The number of nitrogens with one attached hydrogen (secondary N) is 1. The normalized spacial score (nSPS) is 23.5. The number of allylic oxidation sites excluding steroid dienone is 7. The Balaban J connectivity index is 2.16.